The van der Waals surface area contributed by atoms with Crippen molar-refractivity contribution < 1.29 is 19.1 Å². The lowest BCUT2D eigenvalue weighted by Crippen LogP contribution is -2.41. The van der Waals surface area contributed by atoms with Gasteiger partial charge in [0.25, 0.3) is 0 Å². The van der Waals surface area contributed by atoms with Gasteiger partial charge in [-0.3, -0.25) is 0 Å². The predicted molar refractivity (Wildman–Crippen MR) is 150 cm³/mol. The van der Waals surface area contributed by atoms with E-state index in [1.807, 2.05) is 12.1 Å². The molecule has 0 radical (unpaired) electrons. The van der Waals surface area contributed by atoms with Crippen LogP contribution in [0.5, 0.6) is 5.75 Å². The molecule has 2 aromatic carbocycles. The van der Waals surface area contributed by atoms with Crippen molar-refractivity contribution >= 4 is 16.9 Å². The van der Waals surface area contributed by atoms with Crippen LogP contribution in [0.3, 0.4) is 0 Å². The summed E-state index contributed by atoms with van der Waals surface area (Å²) in [7, 11) is 0. The number of fused-ring (bicyclic) bond motifs is 1. The van der Waals surface area contributed by atoms with Gasteiger partial charge in [-0.1, -0.05) is 52.2 Å². The van der Waals surface area contributed by atoms with Gasteiger partial charge in [-0.25, -0.2) is 4.79 Å². The Morgan fingerprint density at radius 1 is 1.03 bits per heavy atom. The van der Waals surface area contributed by atoms with Gasteiger partial charge in [0.2, 0.25) is 0 Å². The highest BCUT2D eigenvalue weighted by molar-refractivity contribution is 5.94. The summed E-state index contributed by atoms with van der Waals surface area (Å²) in [6, 6.07) is 13.5. The fourth-order valence-corrected chi connectivity index (χ4v) is 5.65. The number of benzene rings is 2. The molecule has 0 spiro atoms. The van der Waals surface area contributed by atoms with Crippen molar-refractivity contribution in [2.45, 2.75) is 72.1 Å². The lowest BCUT2D eigenvalue weighted by Gasteiger charge is -2.37. The Balaban J connectivity index is 1.35. The molecule has 1 aliphatic rings. The van der Waals surface area contributed by atoms with E-state index in [4.69, 9.17) is 9.15 Å². The lowest BCUT2D eigenvalue weighted by molar-refractivity contribution is 0.0697. The van der Waals surface area contributed by atoms with Crippen molar-refractivity contribution in [2.24, 2.45) is 11.8 Å². The van der Waals surface area contributed by atoms with Gasteiger partial charge in [0.1, 0.15) is 17.1 Å². The number of hydrogen-bond acceptors (Lipinski definition) is 4. The molecule has 0 aliphatic carbocycles. The zero-order valence-electron chi connectivity index (χ0n) is 22.8. The Labute approximate surface area is 221 Å². The van der Waals surface area contributed by atoms with Crippen LogP contribution in [-0.2, 0) is 12.8 Å². The molecule has 1 N–H and O–H groups in total. The smallest absolute Gasteiger partial charge is 0.335 e. The maximum Gasteiger partial charge on any atom is 0.335 e. The third-order valence-corrected chi connectivity index (χ3v) is 7.92. The number of furan rings is 1. The SMILES string of the molecule is CCCCc1oc2ccc(C(=O)O)cc2c1Cc1ccc(OCCCN2C[C@H](CC)C[C@H](CC)C2)cc1. The highest BCUT2D eigenvalue weighted by atomic mass is 16.5. The monoisotopic (exact) mass is 505 g/mol. The fraction of sp³-hybridized carbons (Fsp3) is 0.531. The molecule has 0 saturated carbocycles. The highest BCUT2D eigenvalue weighted by Gasteiger charge is 2.24. The molecule has 1 fully saturated rings. The molecule has 5 nitrogen and oxygen atoms in total. The van der Waals surface area contributed by atoms with Crippen molar-refractivity contribution in [1.29, 1.82) is 0 Å². The minimum atomic E-state index is -0.915. The first kappa shape index (κ1) is 27.3. The van der Waals surface area contributed by atoms with Crippen LogP contribution in [0.4, 0.5) is 0 Å². The van der Waals surface area contributed by atoms with Gasteiger partial charge in [0.05, 0.1) is 12.2 Å². The number of hydrogen-bond donors (Lipinski definition) is 1. The van der Waals surface area contributed by atoms with Crippen molar-refractivity contribution in [3.8, 4) is 5.75 Å². The number of ether oxygens (including phenoxy) is 1. The van der Waals surface area contributed by atoms with Gasteiger partial charge in [0.15, 0.2) is 0 Å². The Kier molecular flexibility index (Phi) is 9.68. The van der Waals surface area contributed by atoms with Crippen LogP contribution in [0.25, 0.3) is 11.0 Å². The van der Waals surface area contributed by atoms with Gasteiger partial charge < -0.3 is 19.2 Å². The Morgan fingerprint density at radius 2 is 1.76 bits per heavy atom. The molecule has 0 amide bonds. The van der Waals surface area contributed by atoms with Gasteiger partial charge in [0, 0.05) is 43.4 Å². The summed E-state index contributed by atoms with van der Waals surface area (Å²) in [6.45, 7) is 11.1. The van der Waals surface area contributed by atoms with E-state index >= 15 is 0 Å². The van der Waals surface area contributed by atoms with Crippen molar-refractivity contribution in [3.05, 3.63) is 64.9 Å². The van der Waals surface area contributed by atoms with E-state index in [9.17, 15) is 9.90 Å². The maximum atomic E-state index is 11.5. The molecular weight excluding hydrogens is 462 g/mol. The normalized spacial score (nSPS) is 18.4. The average molecular weight is 506 g/mol. The van der Waals surface area contributed by atoms with Gasteiger partial charge in [-0.05, 0) is 67.0 Å². The van der Waals surface area contributed by atoms with E-state index in [1.54, 1.807) is 18.2 Å². The third kappa shape index (κ3) is 7.16. The van der Waals surface area contributed by atoms with Gasteiger partial charge >= 0.3 is 5.97 Å². The molecule has 2 atom stereocenters. The Bertz CT molecular complexity index is 1140. The highest BCUT2D eigenvalue weighted by Crippen LogP contribution is 2.31. The largest absolute Gasteiger partial charge is 0.494 e. The number of aryl methyl sites for hydroxylation is 1. The first-order chi connectivity index (χ1) is 18.0. The first-order valence-corrected chi connectivity index (χ1v) is 14.2. The van der Waals surface area contributed by atoms with Gasteiger partial charge in [-0.15, -0.1) is 0 Å². The number of aromatic carboxylic acids is 1. The number of carbonyl (C=O) groups is 1. The molecule has 37 heavy (non-hydrogen) atoms. The Hall–Kier alpha value is -2.79. The molecule has 0 unspecified atom stereocenters. The summed E-state index contributed by atoms with van der Waals surface area (Å²) in [5, 5.41) is 10.4. The van der Waals surface area contributed by atoms with Crippen LogP contribution in [0.15, 0.2) is 46.9 Å². The molecule has 2 heterocycles. The average Bonchev–Trinajstić information content (AvgIpc) is 3.26. The second-order valence-electron chi connectivity index (χ2n) is 10.7. The summed E-state index contributed by atoms with van der Waals surface area (Å²) in [5.41, 5.74) is 3.31. The van der Waals surface area contributed by atoms with Crippen molar-refractivity contribution in [2.75, 3.05) is 26.2 Å². The minimum absolute atomic E-state index is 0.292. The molecule has 4 rings (SSSR count). The molecular formula is C32H43NO4. The van der Waals surface area contributed by atoms with Crippen molar-refractivity contribution in [1.82, 2.24) is 4.90 Å². The first-order valence-electron chi connectivity index (χ1n) is 14.2. The molecule has 1 aliphatic heterocycles. The van der Waals surface area contributed by atoms with Crippen LogP contribution in [0, 0.1) is 11.8 Å². The number of carboxylic acid groups (broad SMARTS) is 1. The van der Waals surface area contributed by atoms with Crippen LogP contribution >= 0.6 is 0 Å². The molecule has 1 saturated heterocycles. The topological polar surface area (TPSA) is 62.9 Å². The van der Waals surface area contributed by atoms with Crippen molar-refractivity contribution in [3.63, 3.8) is 0 Å². The summed E-state index contributed by atoms with van der Waals surface area (Å²) >= 11 is 0. The number of unbranched alkanes of at least 4 members (excludes halogenated alkanes) is 1. The standard InChI is InChI=1S/C32H43NO4/c1-4-7-9-30-28(29-20-26(32(34)35)12-15-31(29)37-30)19-25-10-13-27(14-11-25)36-17-8-16-33-21-23(5-2)18-24(6-3)22-33/h10-15,20,23-24H,4-9,16-19,21-22H2,1-3H3,(H,34,35)/t23-,24+. The second kappa shape index (κ2) is 13.1. The number of piperidine rings is 1. The van der Waals surface area contributed by atoms with E-state index in [-0.39, 0.29) is 0 Å². The summed E-state index contributed by atoms with van der Waals surface area (Å²) < 4.78 is 12.2. The molecule has 1 aromatic heterocycles. The second-order valence-corrected chi connectivity index (χ2v) is 10.7. The number of rotatable bonds is 13. The summed E-state index contributed by atoms with van der Waals surface area (Å²) in [4.78, 5) is 14.2. The summed E-state index contributed by atoms with van der Waals surface area (Å²) in [6.07, 6.45) is 8.70. The van der Waals surface area contributed by atoms with E-state index in [0.717, 1.165) is 84.3 Å². The van der Waals surface area contributed by atoms with Crippen LogP contribution in [0.1, 0.15) is 86.5 Å². The molecule has 200 valence electrons. The number of likely N-dealkylation sites (tertiary alicyclic amines) is 1. The third-order valence-electron chi connectivity index (χ3n) is 7.92. The van der Waals surface area contributed by atoms with E-state index in [0.29, 0.717) is 12.0 Å². The number of carboxylic acids is 1. The van der Waals surface area contributed by atoms with Crippen LogP contribution in [0.2, 0.25) is 0 Å². The molecule has 0 bridgehead atoms. The van der Waals surface area contributed by atoms with E-state index in [1.165, 1.54) is 32.4 Å². The van der Waals surface area contributed by atoms with E-state index < -0.39 is 5.97 Å². The maximum absolute atomic E-state index is 11.5. The minimum Gasteiger partial charge on any atom is -0.494 e. The fourth-order valence-electron chi connectivity index (χ4n) is 5.65. The lowest BCUT2D eigenvalue weighted by atomic mass is 9.86. The molecule has 3 aromatic rings. The zero-order chi connectivity index (χ0) is 26.2. The van der Waals surface area contributed by atoms with E-state index in [2.05, 4.69) is 37.8 Å². The van der Waals surface area contributed by atoms with Gasteiger partial charge in [-0.2, -0.15) is 0 Å². The summed E-state index contributed by atoms with van der Waals surface area (Å²) in [5.74, 6) is 2.64. The Morgan fingerprint density at radius 3 is 2.41 bits per heavy atom. The quantitative estimate of drug-likeness (QED) is 0.242. The zero-order valence-corrected chi connectivity index (χ0v) is 22.8. The predicted octanol–water partition coefficient (Wildman–Crippen LogP) is 7.59. The van der Waals surface area contributed by atoms with Crippen LogP contribution < -0.4 is 4.74 Å². The molecule has 5 heteroatoms. The number of nitrogens with zero attached hydrogens (tertiary/aromatic N) is 1. The van der Waals surface area contributed by atoms with Crippen LogP contribution in [-0.4, -0.2) is 42.2 Å².